The molecule has 38 heavy (non-hydrogen) atoms. The monoisotopic (exact) mass is 579 g/mol. The van der Waals surface area contributed by atoms with Crippen molar-refractivity contribution in [1.82, 2.24) is 14.2 Å². The molecule has 2 aromatic carbocycles. The average Bonchev–Trinajstić information content (AvgIpc) is 3.33. The van der Waals surface area contributed by atoms with E-state index in [-0.39, 0.29) is 29.3 Å². The first kappa shape index (κ1) is 30.3. The van der Waals surface area contributed by atoms with Gasteiger partial charge in [0.1, 0.15) is 5.75 Å². The molecule has 0 spiro atoms. The summed E-state index contributed by atoms with van der Waals surface area (Å²) in [7, 11) is 3.66. The van der Waals surface area contributed by atoms with Crippen molar-refractivity contribution in [3.8, 4) is 5.75 Å². The van der Waals surface area contributed by atoms with Crippen molar-refractivity contribution in [2.45, 2.75) is 49.5 Å². The molecule has 1 amide bonds. The SMILES string of the molecule is COc1ccc2sc(N(CCCN(C)C)C(=O)c3ccc(S(=O)(=O)N(C)C4CCCCC4)cc3)nc2c1.[Cl-]. The van der Waals surface area contributed by atoms with Gasteiger partial charge in [-0.3, -0.25) is 9.69 Å². The van der Waals surface area contributed by atoms with Crippen LogP contribution < -0.4 is 22.0 Å². The molecule has 1 fully saturated rings. The van der Waals surface area contributed by atoms with E-state index in [1.165, 1.54) is 15.6 Å². The van der Waals surface area contributed by atoms with Crippen LogP contribution in [0.4, 0.5) is 5.13 Å². The van der Waals surface area contributed by atoms with E-state index in [4.69, 9.17) is 9.72 Å². The van der Waals surface area contributed by atoms with Crippen LogP contribution in [0.2, 0.25) is 0 Å². The molecule has 1 heterocycles. The van der Waals surface area contributed by atoms with Gasteiger partial charge >= 0.3 is 0 Å². The predicted octanol–water partition coefficient (Wildman–Crippen LogP) is 1.86. The molecule has 8 nitrogen and oxygen atoms in total. The highest BCUT2D eigenvalue weighted by molar-refractivity contribution is 7.89. The Morgan fingerprint density at radius 3 is 2.34 bits per heavy atom. The summed E-state index contributed by atoms with van der Waals surface area (Å²) >= 11 is 1.46. The molecule has 0 radical (unpaired) electrons. The number of amides is 1. The number of hydrogen-bond donors (Lipinski definition) is 0. The highest BCUT2D eigenvalue weighted by Gasteiger charge is 2.29. The molecule has 1 aliphatic rings. The number of thiazole rings is 1. The zero-order valence-electron chi connectivity index (χ0n) is 22.4. The molecule has 1 saturated carbocycles. The lowest BCUT2D eigenvalue weighted by molar-refractivity contribution is -0.0000182. The molecule has 208 valence electrons. The molecule has 4 rings (SSSR count). The van der Waals surface area contributed by atoms with Crippen molar-refractivity contribution in [3.05, 3.63) is 48.0 Å². The number of methoxy groups -OCH3 is 1. The average molecular weight is 580 g/mol. The lowest BCUT2D eigenvalue weighted by Gasteiger charge is -2.30. The number of fused-ring (bicyclic) bond motifs is 1. The van der Waals surface area contributed by atoms with Gasteiger partial charge in [0.2, 0.25) is 10.0 Å². The summed E-state index contributed by atoms with van der Waals surface area (Å²) in [6, 6.07) is 12.0. The number of anilines is 1. The highest BCUT2D eigenvalue weighted by Crippen LogP contribution is 2.32. The minimum Gasteiger partial charge on any atom is -1.00 e. The topological polar surface area (TPSA) is 83.0 Å². The third-order valence-corrected chi connectivity index (χ3v) is 9.90. The predicted molar refractivity (Wildman–Crippen MR) is 149 cm³/mol. The van der Waals surface area contributed by atoms with Crippen molar-refractivity contribution in [3.63, 3.8) is 0 Å². The van der Waals surface area contributed by atoms with Gasteiger partial charge in [0.15, 0.2) is 5.13 Å². The van der Waals surface area contributed by atoms with Crippen molar-refractivity contribution >= 4 is 42.6 Å². The fourth-order valence-corrected chi connectivity index (χ4v) is 7.09. The van der Waals surface area contributed by atoms with Crippen LogP contribution in [0.15, 0.2) is 47.4 Å². The van der Waals surface area contributed by atoms with Crippen molar-refractivity contribution in [2.24, 2.45) is 0 Å². The number of halogens is 1. The summed E-state index contributed by atoms with van der Waals surface area (Å²) in [5.74, 6) is 0.513. The Bertz CT molecular complexity index is 1320. The van der Waals surface area contributed by atoms with E-state index in [1.54, 1.807) is 43.3 Å². The molecule has 0 N–H and O–H groups in total. The van der Waals surface area contributed by atoms with Crippen LogP contribution in [0.3, 0.4) is 0 Å². The standard InChI is InChI=1S/C27H36N4O4S2.ClH/c1-29(2)17-8-18-31(27-28-24-19-22(35-4)13-16-25(24)36-27)26(32)20-11-14-23(15-12-20)37(33,34)30(3)21-9-6-5-7-10-21;/h11-16,19,21H,5-10,17-18H2,1-4H3;1H/p-1. The molecule has 1 aliphatic carbocycles. The summed E-state index contributed by atoms with van der Waals surface area (Å²) in [6.45, 7) is 1.33. The number of sulfonamides is 1. The number of rotatable bonds is 10. The second-order valence-corrected chi connectivity index (χ2v) is 12.8. The minimum atomic E-state index is -3.62. The fraction of sp³-hybridized carbons (Fsp3) is 0.481. The Hall–Kier alpha value is -2.24. The van der Waals surface area contributed by atoms with Gasteiger partial charge in [0, 0.05) is 31.3 Å². The Kier molecular flexibility index (Phi) is 10.5. The van der Waals surface area contributed by atoms with Crippen LogP contribution in [0.25, 0.3) is 10.2 Å². The zero-order valence-corrected chi connectivity index (χ0v) is 24.8. The number of nitrogens with zero attached hydrogens (tertiary/aromatic N) is 4. The summed E-state index contributed by atoms with van der Waals surface area (Å²) in [5, 5.41) is 0.612. The third-order valence-electron chi connectivity index (χ3n) is 6.91. The van der Waals surface area contributed by atoms with Gasteiger partial charge < -0.3 is 22.0 Å². The fourth-order valence-electron chi connectivity index (χ4n) is 4.70. The molecule has 0 aliphatic heterocycles. The van der Waals surface area contributed by atoms with Crippen LogP contribution >= 0.6 is 11.3 Å². The zero-order chi connectivity index (χ0) is 26.6. The summed E-state index contributed by atoms with van der Waals surface area (Å²) < 4.78 is 34.3. The van der Waals surface area contributed by atoms with Gasteiger partial charge in [-0.05, 0) is 76.3 Å². The molecule has 11 heteroatoms. The second kappa shape index (κ2) is 13.2. The van der Waals surface area contributed by atoms with Gasteiger partial charge in [-0.2, -0.15) is 4.31 Å². The van der Waals surface area contributed by atoms with E-state index in [0.29, 0.717) is 23.0 Å². The summed E-state index contributed by atoms with van der Waals surface area (Å²) in [6.07, 6.45) is 5.83. The van der Waals surface area contributed by atoms with Gasteiger partial charge in [-0.1, -0.05) is 30.6 Å². The molecule has 0 atom stereocenters. The van der Waals surface area contributed by atoms with Crippen molar-refractivity contribution in [1.29, 1.82) is 0 Å². The van der Waals surface area contributed by atoms with Crippen LogP contribution in [0.1, 0.15) is 48.9 Å². The first-order chi connectivity index (χ1) is 17.7. The Balaban J connectivity index is 0.00000400. The maximum Gasteiger partial charge on any atom is 0.260 e. The summed E-state index contributed by atoms with van der Waals surface area (Å²) in [5.41, 5.74) is 1.21. The lowest BCUT2D eigenvalue weighted by Crippen LogP contribution is -3.00. The van der Waals surface area contributed by atoms with Gasteiger partial charge in [-0.25, -0.2) is 13.4 Å². The van der Waals surface area contributed by atoms with E-state index < -0.39 is 10.0 Å². The first-order valence-corrected chi connectivity index (χ1v) is 15.0. The van der Waals surface area contributed by atoms with Crippen molar-refractivity contribution < 1.29 is 30.4 Å². The minimum absolute atomic E-state index is 0. The number of hydrogen-bond acceptors (Lipinski definition) is 7. The molecule has 1 aromatic heterocycles. The van der Waals surface area contributed by atoms with Crippen LogP contribution in [-0.4, -0.2) is 75.9 Å². The number of carbonyl (C=O) groups excluding carboxylic acids is 1. The highest BCUT2D eigenvalue weighted by atomic mass is 35.5. The van der Waals surface area contributed by atoms with Gasteiger partial charge in [-0.15, -0.1) is 0 Å². The van der Waals surface area contributed by atoms with Crippen molar-refractivity contribution in [2.75, 3.05) is 46.2 Å². The van der Waals surface area contributed by atoms with E-state index in [2.05, 4.69) is 4.90 Å². The number of ether oxygens (including phenoxy) is 1. The maximum absolute atomic E-state index is 13.7. The molecule has 3 aromatic rings. The van der Waals surface area contributed by atoms with Crippen LogP contribution in [0.5, 0.6) is 5.75 Å². The van der Waals surface area contributed by atoms with Gasteiger partial charge in [0.25, 0.3) is 5.91 Å². The number of carbonyl (C=O) groups is 1. The van der Waals surface area contributed by atoms with Crippen LogP contribution in [0, 0.1) is 0 Å². The van der Waals surface area contributed by atoms with E-state index in [0.717, 1.165) is 55.3 Å². The quantitative estimate of drug-likeness (QED) is 0.365. The second-order valence-electron chi connectivity index (χ2n) is 9.78. The Morgan fingerprint density at radius 2 is 1.71 bits per heavy atom. The largest absolute Gasteiger partial charge is 1.00 e. The first-order valence-electron chi connectivity index (χ1n) is 12.7. The van der Waals surface area contributed by atoms with Crippen LogP contribution in [-0.2, 0) is 10.0 Å². The molecular formula is C27H36ClN4O4S2-. The smallest absolute Gasteiger partial charge is 0.260 e. The number of aromatic nitrogens is 1. The molecule has 0 saturated heterocycles. The molecule has 0 bridgehead atoms. The normalized spacial score (nSPS) is 14.6. The maximum atomic E-state index is 13.7. The number of benzene rings is 2. The summed E-state index contributed by atoms with van der Waals surface area (Å²) in [4.78, 5) is 22.4. The Labute approximate surface area is 236 Å². The van der Waals surface area contributed by atoms with E-state index in [9.17, 15) is 13.2 Å². The van der Waals surface area contributed by atoms with E-state index >= 15 is 0 Å². The molecule has 0 unspecified atom stereocenters. The van der Waals surface area contributed by atoms with E-state index in [1.807, 2.05) is 32.3 Å². The lowest BCUT2D eigenvalue weighted by atomic mass is 9.96. The third kappa shape index (κ3) is 6.84. The Morgan fingerprint density at radius 1 is 1.03 bits per heavy atom. The van der Waals surface area contributed by atoms with Gasteiger partial charge in [0.05, 0.1) is 22.2 Å². The molecular weight excluding hydrogens is 544 g/mol.